The molecule has 0 amide bonds. The first-order chi connectivity index (χ1) is 28.2. The van der Waals surface area contributed by atoms with E-state index in [9.17, 15) is 0 Å². The SMILES string of the molecule is CCCCCCCCCCCCC1(CCCCCCCCCCCC)C2=CC3CCC([Si](C)(C)N(C(C)(C)C)C(C)(C)C)C3C=C2c2cc3c(cc21)C(C)(C)CCC3(C)C. The van der Waals surface area contributed by atoms with E-state index >= 15 is 0 Å². The first-order valence-electron chi connectivity index (χ1n) is 26.7. The van der Waals surface area contributed by atoms with Gasteiger partial charge in [0.05, 0.1) is 0 Å². The van der Waals surface area contributed by atoms with Crippen molar-refractivity contribution in [2.24, 2.45) is 11.8 Å². The van der Waals surface area contributed by atoms with E-state index in [-0.39, 0.29) is 27.3 Å². The molecule has 0 saturated heterocycles. The highest BCUT2D eigenvalue weighted by Gasteiger charge is 2.55. The van der Waals surface area contributed by atoms with E-state index in [0.717, 1.165) is 5.54 Å². The van der Waals surface area contributed by atoms with Gasteiger partial charge in [0.2, 0.25) is 0 Å². The molecule has 5 rings (SSSR count). The molecular formula is C58H101NSi. The molecule has 0 radical (unpaired) electrons. The molecule has 1 saturated carbocycles. The predicted molar refractivity (Wildman–Crippen MR) is 271 cm³/mol. The maximum atomic E-state index is 3.03. The van der Waals surface area contributed by atoms with Gasteiger partial charge in [-0.25, -0.2) is 0 Å². The van der Waals surface area contributed by atoms with E-state index in [4.69, 9.17) is 0 Å². The molecule has 1 aromatic carbocycles. The third-order valence-electron chi connectivity index (χ3n) is 16.9. The number of benzene rings is 1. The standard InChI is InChI=1S/C58H101NSi/c1-15-17-19-21-23-25-27-29-31-33-37-58(38-34-32-30-28-26-24-22-20-18-16-2)49-41-45-35-36-53(60(13,14)59(54(3,4)5)55(6,7)8)46(45)42-47(49)48-43-51-52(44-50(48)58)57(11,12)40-39-56(51,9)10/h41-46,53H,15-40H2,1-14H3. The van der Waals surface area contributed by atoms with Gasteiger partial charge in [0, 0.05) is 16.5 Å². The summed E-state index contributed by atoms with van der Waals surface area (Å²) in [6.45, 7) is 35.4. The first-order valence-corrected chi connectivity index (χ1v) is 29.7. The normalized spacial score (nSPS) is 22.9. The predicted octanol–water partition coefficient (Wildman–Crippen LogP) is 18.7. The summed E-state index contributed by atoms with van der Waals surface area (Å²) in [5.74, 6) is 1.36. The average Bonchev–Trinajstić information content (AvgIpc) is 3.69. The zero-order valence-corrected chi connectivity index (χ0v) is 43.9. The summed E-state index contributed by atoms with van der Waals surface area (Å²) in [6.07, 6.45) is 42.4. The van der Waals surface area contributed by atoms with E-state index in [1.165, 1.54) is 167 Å². The zero-order valence-electron chi connectivity index (χ0n) is 42.9. The number of nitrogens with zero attached hydrogens (tertiary/aromatic N) is 1. The van der Waals surface area contributed by atoms with Crippen molar-refractivity contribution in [2.45, 2.75) is 296 Å². The second-order valence-electron chi connectivity index (χ2n) is 25.1. The second-order valence-corrected chi connectivity index (χ2v) is 29.6. The molecule has 1 nitrogen and oxygen atoms in total. The summed E-state index contributed by atoms with van der Waals surface area (Å²) >= 11 is 0. The van der Waals surface area contributed by atoms with Crippen LogP contribution in [-0.4, -0.2) is 23.9 Å². The van der Waals surface area contributed by atoms with Gasteiger partial charge in [-0.15, -0.1) is 0 Å². The molecule has 0 spiro atoms. The summed E-state index contributed by atoms with van der Waals surface area (Å²) in [5, 5.41) is 0. The van der Waals surface area contributed by atoms with Crippen LogP contribution in [-0.2, 0) is 16.2 Å². The third kappa shape index (κ3) is 11.4. The number of rotatable bonds is 24. The van der Waals surface area contributed by atoms with Gasteiger partial charge in [0.25, 0.3) is 0 Å². The molecule has 0 N–H and O–H groups in total. The molecule has 0 heterocycles. The van der Waals surface area contributed by atoms with Crippen LogP contribution in [0.3, 0.4) is 0 Å². The maximum absolute atomic E-state index is 3.03. The fourth-order valence-electron chi connectivity index (χ4n) is 14.3. The van der Waals surface area contributed by atoms with Crippen molar-refractivity contribution in [1.82, 2.24) is 4.57 Å². The van der Waals surface area contributed by atoms with Crippen LogP contribution in [0, 0.1) is 11.8 Å². The Morgan fingerprint density at radius 3 is 1.40 bits per heavy atom. The topological polar surface area (TPSA) is 3.24 Å². The number of hydrogen-bond donors (Lipinski definition) is 0. The van der Waals surface area contributed by atoms with Crippen LogP contribution in [0.4, 0.5) is 0 Å². The van der Waals surface area contributed by atoms with Crippen molar-refractivity contribution in [3.05, 3.63) is 52.1 Å². The Morgan fingerprint density at radius 2 is 0.967 bits per heavy atom. The van der Waals surface area contributed by atoms with Gasteiger partial charge in [-0.3, -0.25) is 0 Å². The van der Waals surface area contributed by atoms with E-state index in [0.29, 0.717) is 11.8 Å². The van der Waals surface area contributed by atoms with Crippen LogP contribution in [0.5, 0.6) is 0 Å². The first kappa shape index (κ1) is 49.9. The Balaban J connectivity index is 1.51. The van der Waals surface area contributed by atoms with E-state index in [1.807, 2.05) is 0 Å². The monoisotopic (exact) mass is 840 g/mol. The van der Waals surface area contributed by atoms with Crippen molar-refractivity contribution in [3.63, 3.8) is 0 Å². The summed E-state index contributed by atoms with van der Waals surface area (Å²) in [6, 6.07) is 5.68. The molecule has 3 atom stereocenters. The fourth-order valence-corrected chi connectivity index (χ4v) is 20.3. The molecule has 0 bridgehead atoms. The molecule has 2 heteroatoms. The molecule has 4 aliphatic carbocycles. The molecule has 4 aliphatic rings. The number of hydrogen-bond acceptors (Lipinski definition) is 1. The summed E-state index contributed by atoms with van der Waals surface area (Å²) < 4.78 is 3.03. The molecule has 342 valence electrons. The lowest BCUT2D eigenvalue weighted by molar-refractivity contribution is 0.122. The lowest BCUT2D eigenvalue weighted by Crippen LogP contribution is -2.67. The van der Waals surface area contributed by atoms with Gasteiger partial charge in [-0.2, -0.15) is 0 Å². The summed E-state index contributed by atoms with van der Waals surface area (Å²) in [5.41, 5.74) is 12.0. The van der Waals surface area contributed by atoms with Gasteiger partial charge in [-0.05, 0) is 135 Å². The van der Waals surface area contributed by atoms with Crippen LogP contribution in [0.1, 0.15) is 272 Å². The Bertz CT molecular complexity index is 1530. The average molecular weight is 841 g/mol. The van der Waals surface area contributed by atoms with Crippen molar-refractivity contribution >= 4 is 13.8 Å². The van der Waals surface area contributed by atoms with Crippen LogP contribution in [0.2, 0.25) is 18.6 Å². The molecular weight excluding hydrogens is 739 g/mol. The van der Waals surface area contributed by atoms with Crippen LogP contribution < -0.4 is 0 Å². The van der Waals surface area contributed by atoms with E-state index < -0.39 is 8.24 Å². The van der Waals surface area contributed by atoms with E-state index in [1.54, 1.807) is 33.4 Å². The van der Waals surface area contributed by atoms with E-state index in [2.05, 4.69) is 125 Å². The summed E-state index contributed by atoms with van der Waals surface area (Å²) in [4.78, 5) is 0. The Morgan fingerprint density at radius 1 is 0.550 bits per heavy atom. The minimum Gasteiger partial charge on any atom is -0.314 e. The Hall–Kier alpha value is -1.12. The fraction of sp³-hybridized carbons (Fsp3) is 0.828. The van der Waals surface area contributed by atoms with Crippen LogP contribution in [0.25, 0.3) is 5.57 Å². The van der Waals surface area contributed by atoms with Crippen molar-refractivity contribution in [1.29, 1.82) is 0 Å². The number of unbranched alkanes of at least 4 members (excludes halogenated alkanes) is 18. The van der Waals surface area contributed by atoms with Crippen molar-refractivity contribution in [2.75, 3.05) is 0 Å². The molecule has 0 aliphatic heterocycles. The Labute approximate surface area is 376 Å². The lowest BCUT2D eigenvalue weighted by Gasteiger charge is -2.57. The van der Waals surface area contributed by atoms with Gasteiger partial charge in [0.1, 0.15) is 8.24 Å². The van der Waals surface area contributed by atoms with Crippen LogP contribution >= 0.6 is 0 Å². The molecule has 1 aromatic rings. The minimum atomic E-state index is -1.85. The largest absolute Gasteiger partial charge is 0.314 e. The highest BCUT2D eigenvalue weighted by Crippen LogP contribution is 2.63. The van der Waals surface area contributed by atoms with Crippen LogP contribution in [0.15, 0.2) is 29.9 Å². The smallest absolute Gasteiger partial charge is 0.126 e. The number of allylic oxidation sites excluding steroid dienone is 4. The number of fused-ring (bicyclic) bond motifs is 5. The maximum Gasteiger partial charge on any atom is 0.126 e. The van der Waals surface area contributed by atoms with Crippen molar-refractivity contribution in [3.8, 4) is 0 Å². The van der Waals surface area contributed by atoms with Gasteiger partial charge in [0.15, 0.2) is 0 Å². The Kier molecular flexibility index (Phi) is 17.3. The van der Waals surface area contributed by atoms with Gasteiger partial charge >= 0.3 is 0 Å². The highest BCUT2D eigenvalue weighted by atomic mass is 28.3. The molecule has 3 unspecified atom stereocenters. The lowest BCUT2D eigenvalue weighted by atomic mass is 9.61. The third-order valence-corrected chi connectivity index (χ3v) is 21.8. The molecule has 60 heavy (non-hydrogen) atoms. The summed E-state index contributed by atoms with van der Waals surface area (Å²) in [7, 11) is -1.85. The quantitative estimate of drug-likeness (QED) is 0.0740. The van der Waals surface area contributed by atoms with Crippen molar-refractivity contribution < 1.29 is 0 Å². The molecule has 0 aromatic heterocycles. The highest BCUT2D eigenvalue weighted by molar-refractivity contribution is 6.76. The molecule has 1 fully saturated rings. The second kappa shape index (κ2) is 20.8. The minimum absolute atomic E-state index is 0.158. The van der Waals surface area contributed by atoms with Gasteiger partial charge < -0.3 is 4.57 Å². The van der Waals surface area contributed by atoms with Gasteiger partial charge in [-0.1, -0.05) is 214 Å². The zero-order chi connectivity index (χ0) is 44.0.